The van der Waals surface area contributed by atoms with Crippen LogP contribution in [0.4, 0.5) is 11.4 Å². The molecule has 0 bridgehead atoms. The van der Waals surface area contributed by atoms with Crippen molar-refractivity contribution in [3.05, 3.63) is 40.5 Å². The van der Waals surface area contributed by atoms with Crippen molar-refractivity contribution in [1.82, 2.24) is 19.6 Å². The predicted octanol–water partition coefficient (Wildman–Crippen LogP) is 3.86. The van der Waals surface area contributed by atoms with Gasteiger partial charge in [0.1, 0.15) is 17.2 Å². The van der Waals surface area contributed by atoms with Gasteiger partial charge < -0.3 is 10.2 Å². The number of para-hydroxylation sites is 2. The third kappa shape index (κ3) is 3.39. The minimum absolute atomic E-state index is 0.0143. The molecule has 4 aromatic rings. The zero-order valence-electron chi connectivity index (χ0n) is 18.1. The molecular formula is C23H22N6O2S2. The van der Waals surface area contributed by atoms with Crippen molar-refractivity contribution in [2.45, 2.75) is 44.2 Å². The molecule has 1 aliphatic heterocycles. The molecular weight excluding hydrogens is 456 g/mol. The zero-order chi connectivity index (χ0) is 22.5. The Morgan fingerprint density at radius 3 is 2.94 bits per heavy atom. The second-order valence-electron chi connectivity index (χ2n) is 8.25. The van der Waals surface area contributed by atoms with Gasteiger partial charge in [-0.3, -0.25) is 14.0 Å². The second kappa shape index (κ2) is 8.11. The van der Waals surface area contributed by atoms with Crippen molar-refractivity contribution in [3.8, 4) is 0 Å². The first-order valence-corrected chi connectivity index (χ1v) is 12.9. The monoisotopic (exact) mass is 478 g/mol. The van der Waals surface area contributed by atoms with E-state index in [0.717, 1.165) is 46.6 Å². The van der Waals surface area contributed by atoms with E-state index >= 15 is 0 Å². The van der Waals surface area contributed by atoms with Crippen LogP contribution in [0, 0.1) is 0 Å². The van der Waals surface area contributed by atoms with E-state index < -0.39 is 0 Å². The lowest BCUT2D eigenvalue weighted by atomic mass is 9.97. The Kier molecular flexibility index (Phi) is 5.06. The quantitative estimate of drug-likeness (QED) is 0.448. The maximum absolute atomic E-state index is 13.1. The number of nitrogens with one attached hydrogen (secondary N) is 1. The molecule has 4 heterocycles. The van der Waals surface area contributed by atoms with Gasteiger partial charge in [0.25, 0.3) is 0 Å². The van der Waals surface area contributed by atoms with Crippen LogP contribution >= 0.6 is 23.1 Å². The van der Waals surface area contributed by atoms with Crippen molar-refractivity contribution >= 4 is 62.2 Å². The normalized spacial score (nSPS) is 15.5. The summed E-state index contributed by atoms with van der Waals surface area (Å²) in [5, 5.41) is 13.6. The van der Waals surface area contributed by atoms with Crippen LogP contribution in [0.1, 0.15) is 36.0 Å². The number of amides is 2. The molecule has 2 aliphatic rings. The number of hydrogen-bond acceptors (Lipinski definition) is 7. The van der Waals surface area contributed by atoms with E-state index in [2.05, 4.69) is 22.4 Å². The molecule has 10 heteroatoms. The first-order chi connectivity index (χ1) is 16.1. The van der Waals surface area contributed by atoms with Crippen LogP contribution in [0.15, 0.2) is 29.4 Å². The molecule has 1 aromatic carbocycles. The molecule has 0 saturated heterocycles. The molecule has 0 fully saturated rings. The molecule has 0 atom stereocenters. The molecule has 33 heavy (non-hydrogen) atoms. The summed E-state index contributed by atoms with van der Waals surface area (Å²) in [7, 11) is 0. The summed E-state index contributed by atoms with van der Waals surface area (Å²) in [5.74, 6) is 0.727. The number of benzene rings is 1. The molecule has 8 nitrogen and oxygen atoms in total. The standard InChI is InChI=1S/C23H22N6O2S2/c1-2-17-25-22-20(13-7-3-6-10-16(13)33-22)21-26-27-23(29(17)21)32-12-19(31)28-11-18(30)24-14-8-4-5-9-15(14)28/h4-5,8-9H,2-3,6-7,10-12H2,1H3,(H,24,30). The third-order valence-electron chi connectivity index (χ3n) is 6.21. The fraction of sp³-hybridized carbons (Fsp3) is 0.348. The van der Waals surface area contributed by atoms with Crippen LogP contribution < -0.4 is 10.2 Å². The van der Waals surface area contributed by atoms with Crippen molar-refractivity contribution in [3.63, 3.8) is 0 Å². The fourth-order valence-electron chi connectivity index (χ4n) is 4.68. The number of anilines is 2. The lowest BCUT2D eigenvalue weighted by Gasteiger charge is -2.28. The van der Waals surface area contributed by atoms with Gasteiger partial charge in [-0.1, -0.05) is 30.8 Å². The van der Waals surface area contributed by atoms with Gasteiger partial charge in [-0.2, -0.15) is 0 Å². The van der Waals surface area contributed by atoms with Gasteiger partial charge in [0.15, 0.2) is 10.8 Å². The smallest absolute Gasteiger partial charge is 0.244 e. The van der Waals surface area contributed by atoms with E-state index in [1.54, 1.807) is 17.4 Å². The topological polar surface area (TPSA) is 92.5 Å². The number of aromatic nitrogens is 4. The van der Waals surface area contributed by atoms with E-state index in [-0.39, 0.29) is 24.1 Å². The van der Waals surface area contributed by atoms with Crippen molar-refractivity contribution in [2.24, 2.45) is 0 Å². The first-order valence-electron chi connectivity index (χ1n) is 11.1. The molecule has 2 amide bonds. The van der Waals surface area contributed by atoms with Gasteiger partial charge in [0.05, 0.1) is 22.5 Å². The number of rotatable bonds is 4. The van der Waals surface area contributed by atoms with Crippen LogP contribution in [0.3, 0.4) is 0 Å². The highest BCUT2D eigenvalue weighted by molar-refractivity contribution is 7.99. The lowest BCUT2D eigenvalue weighted by Crippen LogP contribution is -2.43. The fourth-order valence-corrected chi connectivity index (χ4v) is 6.79. The SMILES string of the molecule is CCc1nc2sc3c(c2c2nnc(SCC(=O)N4CC(=O)Nc5ccccc54)n12)CCCC3. The van der Waals surface area contributed by atoms with E-state index in [0.29, 0.717) is 10.8 Å². The average Bonchev–Trinajstić information content (AvgIpc) is 3.42. The summed E-state index contributed by atoms with van der Waals surface area (Å²) in [5.41, 5.74) is 3.59. The molecule has 1 N–H and O–H groups in total. The number of thiophene rings is 1. The van der Waals surface area contributed by atoms with Crippen LogP contribution in [0.5, 0.6) is 0 Å². The summed E-state index contributed by atoms with van der Waals surface area (Å²) in [6.07, 6.45) is 5.33. The van der Waals surface area contributed by atoms with Crippen LogP contribution in [0.2, 0.25) is 0 Å². The Morgan fingerprint density at radius 2 is 2.06 bits per heavy atom. The highest BCUT2D eigenvalue weighted by atomic mass is 32.2. The number of aryl methyl sites for hydroxylation is 3. The summed E-state index contributed by atoms with van der Waals surface area (Å²) in [4.78, 5) is 34.2. The summed E-state index contributed by atoms with van der Waals surface area (Å²) < 4.78 is 2.01. The summed E-state index contributed by atoms with van der Waals surface area (Å²) >= 11 is 3.13. The van der Waals surface area contributed by atoms with E-state index in [4.69, 9.17) is 4.98 Å². The molecule has 0 spiro atoms. The molecule has 0 radical (unpaired) electrons. The average molecular weight is 479 g/mol. The van der Waals surface area contributed by atoms with Gasteiger partial charge in [0, 0.05) is 11.3 Å². The summed E-state index contributed by atoms with van der Waals surface area (Å²) in [6, 6.07) is 7.35. The molecule has 0 unspecified atom stereocenters. The first kappa shape index (κ1) is 20.6. The predicted molar refractivity (Wildman–Crippen MR) is 130 cm³/mol. The Hall–Kier alpha value is -2.98. The van der Waals surface area contributed by atoms with Crippen LogP contribution in [-0.2, 0) is 28.9 Å². The van der Waals surface area contributed by atoms with Gasteiger partial charge in [-0.15, -0.1) is 21.5 Å². The van der Waals surface area contributed by atoms with Gasteiger partial charge in [-0.05, 0) is 43.4 Å². The van der Waals surface area contributed by atoms with Crippen molar-refractivity contribution in [1.29, 1.82) is 0 Å². The largest absolute Gasteiger partial charge is 0.323 e. The van der Waals surface area contributed by atoms with E-state index in [1.807, 2.05) is 22.6 Å². The Labute approximate surface area is 198 Å². The van der Waals surface area contributed by atoms with Crippen LogP contribution in [0.25, 0.3) is 15.9 Å². The molecule has 6 rings (SSSR count). The molecule has 3 aromatic heterocycles. The molecule has 0 saturated carbocycles. The number of nitrogens with zero attached hydrogens (tertiary/aromatic N) is 5. The van der Waals surface area contributed by atoms with Gasteiger partial charge in [-0.25, -0.2) is 4.98 Å². The number of fused-ring (bicyclic) bond motifs is 6. The number of thioether (sulfide) groups is 1. The van der Waals surface area contributed by atoms with Crippen LogP contribution in [-0.4, -0.2) is 43.7 Å². The number of hydrogen-bond donors (Lipinski definition) is 1. The van der Waals surface area contributed by atoms with E-state index in [9.17, 15) is 9.59 Å². The zero-order valence-corrected chi connectivity index (χ0v) is 19.8. The second-order valence-corrected chi connectivity index (χ2v) is 10.3. The lowest BCUT2D eigenvalue weighted by molar-refractivity contribution is -0.120. The Morgan fingerprint density at radius 1 is 1.21 bits per heavy atom. The van der Waals surface area contributed by atoms with E-state index in [1.165, 1.54) is 39.9 Å². The minimum atomic E-state index is -0.193. The highest BCUT2D eigenvalue weighted by Crippen LogP contribution is 2.38. The number of carbonyl (C=O) groups excluding carboxylic acids is 2. The molecule has 168 valence electrons. The Balaban J connectivity index is 1.34. The van der Waals surface area contributed by atoms with Gasteiger partial charge >= 0.3 is 0 Å². The summed E-state index contributed by atoms with van der Waals surface area (Å²) in [6.45, 7) is 2.09. The van der Waals surface area contributed by atoms with Gasteiger partial charge in [0.2, 0.25) is 11.8 Å². The van der Waals surface area contributed by atoms with Crippen molar-refractivity contribution in [2.75, 3.05) is 22.5 Å². The third-order valence-corrected chi connectivity index (χ3v) is 8.31. The maximum atomic E-state index is 13.1. The highest BCUT2D eigenvalue weighted by Gasteiger charge is 2.28. The van der Waals surface area contributed by atoms with Crippen molar-refractivity contribution < 1.29 is 9.59 Å². The Bertz CT molecular complexity index is 1430. The maximum Gasteiger partial charge on any atom is 0.244 e. The molecule has 1 aliphatic carbocycles. The minimum Gasteiger partial charge on any atom is -0.323 e. The number of carbonyl (C=O) groups is 2.